The summed E-state index contributed by atoms with van der Waals surface area (Å²) in [6.45, 7) is 8.91. The second-order valence-electron chi connectivity index (χ2n) is 5.33. The molecule has 1 aromatic rings. The molecule has 0 fully saturated rings. The lowest BCUT2D eigenvalue weighted by Crippen LogP contribution is -2.01. The molecule has 0 aromatic heterocycles. The number of rotatable bonds is 7. The molecule has 0 radical (unpaired) electrons. The molecule has 0 nitrogen and oxygen atoms in total. The fourth-order valence-electron chi connectivity index (χ4n) is 2.65. The van der Waals surface area contributed by atoms with Crippen molar-refractivity contribution in [2.24, 2.45) is 5.92 Å². The summed E-state index contributed by atoms with van der Waals surface area (Å²) in [5.41, 5.74) is 4.26. The Kier molecular flexibility index (Phi) is 6.78. The molecule has 1 aromatic carbocycles. The van der Waals surface area contributed by atoms with E-state index in [1.807, 2.05) is 0 Å². The SMILES string of the molecule is CC=C(CC(CCC)CCC)c1ccc(C)cc1. The fraction of sp³-hybridized carbons (Fsp3) is 0.556. The molecule has 0 aliphatic carbocycles. The largest absolute Gasteiger partial charge is 0.0838 e. The van der Waals surface area contributed by atoms with Crippen LogP contribution in [0.15, 0.2) is 30.3 Å². The van der Waals surface area contributed by atoms with Gasteiger partial charge in [0.15, 0.2) is 0 Å². The average molecular weight is 244 g/mol. The Hall–Kier alpha value is -1.04. The van der Waals surface area contributed by atoms with E-state index < -0.39 is 0 Å². The molecule has 0 atom stereocenters. The Bertz CT molecular complexity index is 350. The van der Waals surface area contributed by atoms with Crippen LogP contribution in [0, 0.1) is 12.8 Å². The van der Waals surface area contributed by atoms with Crippen LogP contribution in [0.1, 0.15) is 64.0 Å². The van der Waals surface area contributed by atoms with Gasteiger partial charge < -0.3 is 0 Å². The van der Waals surface area contributed by atoms with Crippen molar-refractivity contribution in [3.63, 3.8) is 0 Å². The minimum absolute atomic E-state index is 0.854. The zero-order valence-corrected chi connectivity index (χ0v) is 12.5. The van der Waals surface area contributed by atoms with Gasteiger partial charge in [-0.15, -0.1) is 0 Å². The summed E-state index contributed by atoms with van der Waals surface area (Å²) in [5.74, 6) is 0.854. The van der Waals surface area contributed by atoms with Crippen molar-refractivity contribution < 1.29 is 0 Å². The summed E-state index contributed by atoms with van der Waals surface area (Å²) in [5, 5.41) is 0. The van der Waals surface area contributed by atoms with E-state index in [1.165, 1.54) is 48.8 Å². The first kappa shape index (κ1) is 15.0. The third kappa shape index (κ3) is 4.68. The maximum Gasteiger partial charge on any atom is -0.0228 e. The lowest BCUT2D eigenvalue weighted by atomic mass is 9.88. The quantitative estimate of drug-likeness (QED) is 0.551. The predicted octanol–water partition coefficient (Wildman–Crippen LogP) is 6.00. The Balaban J connectivity index is 2.74. The minimum Gasteiger partial charge on any atom is -0.0838 e. The molecule has 0 heterocycles. The number of allylic oxidation sites excluding steroid dienone is 2. The van der Waals surface area contributed by atoms with Crippen molar-refractivity contribution in [3.05, 3.63) is 41.5 Å². The summed E-state index contributed by atoms with van der Waals surface area (Å²) in [4.78, 5) is 0. The monoisotopic (exact) mass is 244 g/mol. The highest BCUT2D eigenvalue weighted by atomic mass is 14.2. The number of hydrogen-bond donors (Lipinski definition) is 0. The summed E-state index contributed by atoms with van der Waals surface area (Å²) < 4.78 is 0. The van der Waals surface area contributed by atoms with Crippen molar-refractivity contribution in [2.45, 2.75) is 59.8 Å². The van der Waals surface area contributed by atoms with E-state index in [-0.39, 0.29) is 0 Å². The van der Waals surface area contributed by atoms with Crippen molar-refractivity contribution in [1.82, 2.24) is 0 Å². The highest BCUT2D eigenvalue weighted by Gasteiger charge is 2.10. The Morgan fingerprint density at radius 1 is 1.06 bits per heavy atom. The van der Waals surface area contributed by atoms with Crippen molar-refractivity contribution in [3.8, 4) is 0 Å². The fourth-order valence-corrected chi connectivity index (χ4v) is 2.65. The maximum absolute atomic E-state index is 2.30. The Morgan fingerprint density at radius 2 is 1.61 bits per heavy atom. The molecular formula is C18H28. The normalized spacial score (nSPS) is 12.2. The van der Waals surface area contributed by atoms with E-state index in [1.54, 1.807) is 0 Å². The van der Waals surface area contributed by atoms with E-state index in [0.29, 0.717) is 0 Å². The van der Waals surface area contributed by atoms with Crippen LogP contribution in [0.4, 0.5) is 0 Å². The molecule has 0 unspecified atom stereocenters. The average Bonchev–Trinajstić information content (AvgIpc) is 2.37. The van der Waals surface area contributed by atoms with E-state index >= 15 is 0 Å². The number of benzene rings is 1. The molecule has 0 N–H and O–H groups in total. The molecule has 0 saturated carbocycles. The van der Waals surface area contributed by atoms with Gasteiger partial charge in [0.25, 0.3) is 0 Å². The van der Waals surface area contributed by atoms with E-state index in [2.05, 4.69) is 58.0 Å². The molecule has 1 rings (SSSR count). The van der Waals surface area contributed by atoms with Crippen LogP contribution in [0.25, 0.3) is 5.57 Å². The van der Waals surface area contributed by atoms with Gasteiger partial charge in [0.2, 0.25) is 0 Å². The zero-order chi connectivity index (χ0) is 13.4. The van der Waals surface area contributed by atoms with Gasteiger partial charge in [-0.3, -0.25) is 0 Å². The van der Waals surface area contributed by atoms with Gasteiger partial charge in [-0.1, -0.05) is 75.4 Å². The molecule has 18 heavy (non-hydrogen) atoms. The standard InChI is InChI=1S/C18H28/c1-5-8-16(9-6-2)14-17(7-3)18-12-10-15(4)11-13-18/h7,10-13,16H,5-6,8-9,14H2,1-4H3. The van der Waals surface area contributed by atoms with Gasteiger partial charge in [-0.05, 0) is 37.3 Å². The van der Waals surface area contributed by atoms with Crippen LogP contribution in [-0.4, -0.2) is 0 Å². The topological polar surface area (TPSA) is 0 Å². The minimum atomic E-state index is 0.854. The molecule has 0 bridgehead atoms. The summed E-state index contributed by atoms with van der Waals surface area (Å²) in [7, 11) is 0. The van der Waals surface area contributed by atoms with Gasteiger partial charge in [-0.25, -0.2) is 0 Å². The van der Waals surface area contributed by atoms with Gasteiger partial charge in [0, 0.05) is 0 Å². The number of aryl methyl sites for hydroxylation is 1. The third-order valence-electron chi connectivity index (χ3n) is 3.67. The lowest BCUT2D eigenvalue weighted by molar-refractivity contribution is 0.450. The van der Waals surface area contributed by atoms with Crippen LogP contribution < -0.4 is 0 Å². The molecule has 100 valence electrons. The maximum atomic E-state index is 2.30. The molecule has 0 heteroatoms. The van der Waals surface area contributed by atoms with Crippen molar-refractivity contribution >= 4 is 5.57 Å². The van der Waals surface area contributed by atoms with E-state index in [4.69, 9.17) is 0 Å². The van der Waals surface area contributed by atoms with E-state index in [0.717, 1.165) is 5.92 Å². The number of hydrogen-bond acceptors (Lipinski definition) is 0. The first-order chi connectivity index (χ1) is 8.71. The second-order valence-corrected chi connectivity index (χ2v) is 5.33. The summed E-state index contributed by atoms with van der Waals surface area (Å²) in [6.07, 6.45) is 8.85. The van der Waals surface area contributed by atoms with Gasteiger partial charge in [0.05, 0.1) is 0 Å². The lowest BCUT2D eigenvalue weighted by Gasteiger charge is -2.17. The van der Waals surface area contributed by atoms with E-state index in [9.17, 15) is 0 Å². The Labute approximate surface area is 113 Å². The molecule has 0 saturated heterocycles. The van der Waals surface area contributed by atoms with Gasteiger partial charge >= 0.3 is 0 Å². The van der Waals surface area contributed by atoms with Crippen LogP contribution in [0.5, 0.6) is 0 Å². The molecule has 0 aliphatic rings. The van der Waals surface area contributed by atoms with Gasteiger partial charge in [-0.2, -0.15) is 0 Å². The predicted molar refractivity (Wildman–Crippen MR) is 82.8 cm³/mol. The molecule has 0 amide bonds. The van der Waals surface area contributed by atoms with Crippen LogP contribution in [-0.2, 0) is 0 Å². The smallest absolute Gasteiger partial charge is 0.0228 e. The van der Waals surface area contributed by atoms with Crippen molar-refractivity contribution in [1.29, 1.82) is 0 Å². The van der Waals surface area contributed by atoms with Crippen LogP contribution in [0.3, 0.4) is 0 Å². The second kappa shape index (κ2) is 8.13. The molecule has 0 aliphatic heterocycles. The molecular weight excluding hydrogens is 216 g/mol. The highest BCUT2D eigenvalue weighted by molar-refractivity contribution is 5.65. The van der Waals surface area contributed by atoms with Gasteiger partial charge in [0.1, 0.15) is 0 Å². The summed E-state index contributed by atoms with van der Waals surface area (Å²) >= 11 is 0. The Morgan fingerprint density at radius 3 is 2.06 bits per heavy atom. The third-order valence-corrected chi connectivity index (χ3v) is 3.67. The zero-order valence-electron chi connectivity index (χ0n) is 12.5. The van der Waals surface area contributed by atoms with Crippen LogP contribution in [0.2, 0.25) is 0 Å². The first-order valence-electron chi connectivity index (χ1n) is 7.43. The first-order valence-corrected chi connectivity index (χ1v) is 7.43. The van der Waals surface area contributed by atoms with Crippen molar-refractivity contribution in [2.75, 3.05) is 0 Å². The molecule has 0 spiro atoms. The van der Waals surface area contributed by atoms with Crippen LogP contribution >= 0.6 is 0 Å². The highest BCUT2D eigenvalue weighted by Crippen LogP contribution is 2.28. The summed E-state index contributed by atoms with van der Waals surface area (Å²) in [6, 6.07) is 8.96.